The molecule has 1 aromatic carbocycles. The molecule has 3 rings (SSSR count). The SMILES string of the molecule is COc1cc(CCCOC(=O)[C@@H]2CCCCN2C(=O)C(O)C2(O)CCCCC2)cc(OC)c1OC. The van der Waals surface area contributed by atoms with Crippen LogP contribution >= 0.6 is 0 Å². The van der Waals surface area contributed by atoms with E-state index in [9.17, 15) is 19.8 Å². The average molecular weight is 494 g/mol. The summed E-state index contributed by atoms with van der Waals surface area (Å²) in [5.41, 5.74) is -0.462. The van der Waals surface area contributed by atoms with Gasteiger partial charge in [-0.25, -0.2) is 4.79 Å². The zero-order valence-electron chi connectivity index (χ0n) is 21.1. The fourth-order valence-corrected chi connectivity index (χ4v) is 5.09. The predicted molar refractivity (Wildman–Crippen MR) is 129 cm³/mol. The van der Waals surface area contributed by atoms with E-state index < -0.39 is 29.6 Å². The van der Waals surface area contributed by atoms with Crippen LogP contribution in [0.3, 0.4) is 0 Å². The van der Waals surface area contributed by atoms with Crippen LogP contribution in [0.4, 0.5) is 0 Å². The second kappa shape index (κ2) is 12.4. The lowest BCUT2D eigenvalue weighted by molar-refractivity contribution is -0.171. The molecule has 9 nitrogen and oxygen atoms in total. The molecular formula is C26H39NO8. The number of methoxy groups -OCH3 is 3. The summed E-state index contributed by atoms with van der Waals surface area (Å²) in [6, 6.07) is 2.99. The normalized spacial score (nSPS) is 20.6. The van der Waals surface area contributed by atoms with Crippen LogP contribution in [0.2, 0.25) is 0 Å². The molecule has 1 aliphatic heterocycles. The van der Waals surface area contributed by atoms with E-state index in [-0.39, 0.29) is 6.61 Å². The molecule has 0 bridgehead atoms. The molecule has 1 unspecified atom stereocenters. The number of rotatable bonds is 10. The first-order chi connectivity index (χ1) is 16.8. The Bertz CT molecular complexity index is 842. The Kier molecular flexibility index (Phi) is 9.63. The van der Waals surface area contributed by atoms with Crippen LogP contribution in [-0.2, 0) is 20.7 Å². The number of amides is 1. The second-order valence-electron chi connectivity index (χ2n) is 9.41. The highest BCUT2D eigenvalue weighted by Crippen LogP contribution is 2.38. The maximum Gasteiger partial charge on any atom is 0.328 e. The summed E-state index contributed by atoms with van der Waals surface area (Å²) in [5.74, 6) is 0.605. The number of esters is 1. The van der Waals surface area contributed by atoms with Crippen molar-refractivity contribution < 1.29 is 38.7 Å². The smallest absolute Gasteiger partial charge is 0.328 e. The van der Waals surface area contributed by atoms with Gasteiger partial charge in [-0.2, -0.15) is 0 Å². The third-order valence-electron chi connectivity index (χ3n) is 7.10. The van der Waals surface area contributed by atoms with Crippen molar-refractivity contribution in [1.29, 1.82) is 0 Å². The third-order valence-corrected chi connectivity index (χ3v) is 7.10. The Labute approximate surface area is 207 Å². The highest BCUT2D eigenvalue weighted by molar-refractivity contribution is 5.88. The number of nitrogens with zero attached hydrogens (tertiary/aromatic N) is 1. The van der Waals surface area contributed by atoms with Crippen LogP contribution in [0.25, 0.3) is 0 Å². The summed E-state index contributed by atoms with van der Waals surface area (Å²) in [6.45, 7) is 0.567. The molecule has 1 amide bonds. The van der Waals surface area contributed by atoms with Gasteiger partial charge < -0.3 is 34.1 Å². The molecule has 1 aliphatic carbocycles. The van der Waals surface area contributed by atoms with Gasteiger partial charge in [0.1, 0.15) is 6.04 Å². The number of benzene rings is 1. The highest BCUT2D eigenvalue weighted by Gasteiger charge is 2.45. The number of aliphatic hydroxyl groups excluding tert-OH is 1. The van der Waals surface area contributed by atoms with Crippen molar-refractivity contribution in [3.63, 3.8) is 0 Å². The second-order valence-corrected chi connectivity index (χ2v) is 9.41. The van der Waals surface area contributed by atoms with E-state index in [4.69, 9.17) is 18.9 Å². The van der Waals surface area contributed by atoms with E-state index in [0.717, 1.165) is 37.7 Å². The number of likely N-dealkylation sites (tertiary alicyclic amines) is 1. The van der Waals surface area contributed by atoms with Crippen molar-refractivity contribution in [1.82, 2.24) is 4.90 Å². The van der Waals surface area contributed by atoms with E-state index in [1.165, 1.54) is 4.90 Å². The Morgan fingerprint density at radius 3 is 2.29 bits per heavy atom. The minimum Gasteiger partial charge on any atom is -0.493 e. The molecule has 2 atom stereocenters. The molecule has 2 aliphatic rings. The Morgan fingerprint density at radius 1 is 1.03 bits per heavy atom. The first kappa shape index (κ1) is 27.1. The third kappa shape index (κ3) is 6.38. The molecule has 0 aromatic heterocycles. The molecule has 0 spiro atoms. The largest absolute Gasteiger partial charge is 0.493 e. The number of hydrogen-bond acceptors (Lipinski definition) is 8. The quantitative estimate of drug-likeness (QED) is 0.378. The van der Waals surface area contributed by atoms with Gasteiger partial charge in [-0.15, -0.1) is 0 Å². The van der Waals surface area contributed by atoms with Gasteiger partial charge in [-0.3, -0.25) is 4.79 Å². The van der Waals surface area contributed by atoms with Gasteiger partial charge in [0.15, 0.2) is 17.6 Å². The summed E-state index contributed by atoms with van der Waals surface area (Å²) in [5, 5.41) is 21.5. The van der Waals surface area contributed by atoms with Gasteiger partial charge in [0.2, 0.25) is 5.75 Å². The van der Waals surface area contributed by atoms with Crippen LogP contribution in [0, 0.1) is 0 Å². The van der Waals surface area contributed by atoms with Crippen molar-refractivity contribution in [3.05, 3.63) is 17.7 Å². The molecule has 1 saturated carbocycles. The van der Waals surface area contributed by atoms with E-state index in [2.05, 4.69) is 0 Å². The van der Waals surface area contributed by atoms with Crippen molar-refractivity contribution in [2.24, 2.45) is 0 Å². The van der Waals surface area contributed by atoms with E-state index in [0.29, 0.717) is 55.9 Å². The summed E-state index contributed by atoms with van der Waals surface area (Å²) >= 11 is 0. The van der Waals surface area contributed by atoms with Gasteiger partial charge in [0.25, 0.3) is 5.91 Å². The summed E-state index contributed by atoms with van der Waals surface area (Å²) in [4.78, 5) is 27.4. The molecule has 2 N–H and O–H groups in total. The minimum atomic E-state index is -1.52. The van der Waals surface area contributed by atoms with E-state index in [1.54, 1.807) is 21.3 Å². The minimum absolute atomic E-state index is 0.195. The highest BCUT2D eigenvalue weighted by atomic mass is 16.5. The summed E-state index contributed by atoms with van der Waals surface area (Å²) in [6.07, 6.45) is 5.05. The van der Waals surface area contributed by atoms with Crippen molar-refractivity contribution >= 4 is 11.9 Å². The maximum atomic E-state index is 13.1. The van der Waals surface area contributed by atoms with E-state index >= 15 is 0 Å². The van der Waals surface area contributed by atoms with Gasteiger partial charge in [-0.1, -0.05) is 19.3 Å². The summed E-state index contributed by atoms with van der Waals surface area (Å²) < 4.78 is 21.6. The van der Waals surface area contributed by atoms with Crippen molar-refractivity contribution in [3.8, 4) is 17.2 Å². The van der Waals surface area contributed by atoms with Crippen LogP contribution in [0.1, 0.15) is 63.4 Å². The van der Waals surface area contributed by atoms with Gasteiger partial charge >= 0.3 is 5.97 Å². The summed E-state index contributed by atoms with van der Waals surface area (Å²) in [7, 11) is 4.67. The van der Waals surface area contributed by atoms with Crippen LogP contribution in [0.15, 0.2) is 12.1 Å². The van der Waals surface area contributed by atoms with Crippen molar-refractivity contribution in [2.45, 2.75) is 82.0 Å². The monoisotopic (exact) mass is 493 g/mol. The van der Waals surface area contributed by atoms with Crippen molar-refractivity contribution in [2.75, 3.05) is 34.5 Å². The fraction of sp³-hybridized carbons (Fsp3) is 0.692. The first-order valence-electron chi connectivity index (χ1n) is 12.5. The van der Waals surface area contributed by atoms with Crippen LogP contribution in [0.5, 0.6) is 17.2 Å². The number of aryl methyl sites for hydroxylation is 1. The first-order valence-corrected chi connectivity index (χ1v) is 12.5. The number of ether oxygens (including phenoxy) is 4. The Hall–Kier alpha value is -2.52. The molecule has 2 fully saturated rings. The molecule has 0 radical (unpaired) electrons. The molecule has 1 saturated heterocycles. The molecule has 9 heteroatoms. The van der Waals surface area contributed by atoms with Crippen LogP contribution in [-0.4, -0.2) is 79.2 Å². The van der Waals surface area contributed by atoms with Crippen LogP contribution < -0.4 is 14.2 Å². The standard InChI is InChI=1S/C26H39NO8/c1-32-20-16-18(17-21(33-2)22(20)34-3)10-9-15-35-25(30)19-11-5-8-14-27(19)24(29)23(28)26(31)12-6-4-7-13-26/h16-17,19,23,28,31H,4-15H2,1-3H3/t19-,23?/m0/s1. The molecular weight excluding hydrogens is 454 g/mol. The fourth-order valence-electron chi connectivity index (χ4n) is 5.09. The number of aliphatic hydroxyl groups is 2. The predicted octanol–water partition coefficient (Wildman–Crippen LogP) is 2.63. The molecule has 1 heterocycles. The van der Waals surface area contributed by atoms with Gasteiger partial charge in [-0.05, 0) is 62.6 Å². The maximum absolute atomic E-state index is 13.1. The Balaban J connectivity index is 1.56. The molecule has 1 aromatic rings. The number of piperidine rings is 1. The lowest BCUT2D eigenvalue weighted by Crippen LogP contribution is -2.58. The van der Waals surface area contributed by atoms with Gasteiger partial charge in [0.05, 0.1) is 33.5 Å². The zero-order chi connectivity index (χ0) is 25.4. The number of carbonyl (C=O) groups is 2. The van der Waals surface area contributed by atoms with E-state index in [1.807, 2.05) is 12.1 Å². The number of carbonyl (C=O) groups excluding carboxylic acids is 2. The zero-order valence-corrected chi connectivity index (χ0v) is 21.1. The average Bonchev–Trinajstić information content (AvgIpc) is 2.89. The lowest BCUT2D eigenvalue weighted by atomic mass is 9.80. The Morgan fingerprint density at radius 2 is 1.69 bits per heavy atom. The lowest BCUT2D eigenvalue weighted by Gasteiger charge is -2.40. The van der Waals surface area contributed by atoms with Gasteiger partial charge in [0, 0.05) is 6.54 Å². The molecule has 35 heavy (non-hydrogen) atoms. The number of hydrogen-bond donors (Lipinski definition) is 2. The topological polar surface area (TPSA) is 115 Å². The molecule has 196 valence electrons.